The molecule has 20 heavy (non-hydrogen) atoms. The van der Waals surface area contributed by atoms with Crippen molar-refractivity contribution < 1.29 is 8.42 Å². The van der Waals surface area contributed by atoms with E-state index in [1.807, 2.05) is 54.6 Å². The summed E-state index contributed by atoms with van der Waals surface area (Å²) in [5, 5.41) is 0.892. The minimum Gasteiger partial charge on any atom is -0.237 e. The van der Waals surface area contributed by atoms with Gasteiger partial charge < -0.3 is 0 Å². The molecule has 0 spiro atoms. The van der Waals surface area contributed by atoms with Gasteiger partial charge in [0, 0.05) is 9.86 Å². The molecule has 1 heterocycles. The Morgan fingerprint density at radius 3 is 2.35 bits per heavy atom. The Kier molecular flexibility index (Phi) is 3.18. The minimum atomic E-state index is -3.38. The maximum atomic E-state index is 12.1. The van der Waals surface area contributed by atoms with Gasteiger partial charge in [0.15, 0.2) is 0 Å². The molecular formula is C15H12BrNO2S. The molecule has 0 aliphatic heterocycles. The molecule has 0 bridgehead atoms. The van der Waals surface area contributed by atoms with Crippen molar-refractivity contribution in [3.63, 3.8) is 0 Å². The summed E-state index contributed by atoms with van der Waals surface area (Å²) < 4.78 is 26.6. The highest BCUT2D eigenvalue weighted by Crippen LogP contribution is 2.31. The van der Waals surface area contributed by atoms with Gasteiger partial charge in [0.05, 0.1) is 17.5 Å². The van der Waals surface area contributed by atoms with Gasteiger partial charge in [-0.2, -0.15) is 0 Å². The second kappa shape index (κ2) is 4.75. The van der Waals surface area contributed by atoms with Gasteiger partial charge in [-0.05, 0) is 29.8 Å². The van der Waals surface area contributed by atoms with Crippen LogP contribution in [0.3, 0.4) is 0 Å². The molecule has 0 aliphatic carbocycles. The third kappa shape index (κ3) is 2.27. The lowest BCUT2D eigenvalue weighted by Gasteiger charge is -2.08. The smallest absolute Gasteiger partial charge is 0.236 e. The highest BCUT2D eigenvalue weighted by molar-refractivity contribution is 9.10. The molecule has 0 radical (unpaired) electrons. The van der Waals surface area contributed by atoms with E-state index in [0.29, 0.717) is 11.2 Å². The lowest BCUT2D eigenvalue weighted by atomic mass is 10.1. The molecule has 0 fully saturated rings. The average molecular weight is 350 g/mol. The Labute approximate surface area is 126 Å². The van der Waals surface area contributed by atoms with E-state index in [9.17, 15) is 8.42 Å². The van der Waals surface area contributed by atoms with E-state index >= 15 is 0 Å². The van der Waals surface area contributed by atoms with Gasteiger partial charge in [-0.25, -0.2) is 12.4 Å². The second-order valence-corrected chi connectivity index (χ2v) is 7.37. The number of nitrogens with zero attached hydrogens (tertiary/aromatic N) is 1. The molecule has 3 aromatic rings. The van der Waals surface area contributed by atoms with Crippen molar-refractivity contribution in [1.82, 2.24) is 3.97 Å². The number of aromatic nitrogens is 1. The van der Waals surface area contributed by atoms with Crippen LogP contribution in [0.1, 0.15) is 0 Å². The molecule has 5 heteroatoms. The summed E-state index contributed by atoms with van der Waals surface area (Å²) in [6.07, 6.45) is 1.22. The third-order valence-electron chi connectivity index (χ3n) is 3.12. The number of hydrogen-bond acceptors (Lipinski definition) is 2. The fourth-order valence-electron chi connectivity index (χ4n) is 2.33. The number of rotatable bonds is 2. The molecule has 0 unspecified atom stereocenters. The predicted molar refractivity (Wildman–Crippen MR) is 85.3 cm³/mol. The highest BCUT2D eigenvalue weighted by Gasteiger charge is 2.17. The Hall–Kier alpha value is -1.59. The summed E-state index contributed by atoms with van der Waals surface area (Å²) >= 11 is 3.41. The maximum Gasteiger partial charge on any atom is 0.236 e. The average Bonchev–Trinajstić information content (AvgIpc) is 2.78. The molecule has 0 saturated heterocycles. The molecule has 0 N–H and O–H groups in total. The molecular weight excluding hydrogens is 338 g/mol. The first-order chi connectivity index (χ1) is 9.47. The normalized spacial score (nSPS) is 11.9. The minimum absolute atomic E-state index is 0.682. The van der Waals surface area contributed by atoms with Crippen molar-refractivity contribution in [1.29, 1.82) is 0 Å². The summed E-state index contributed by atoms with van der Waals surface area (Å²) in [5.74, 6) is 0. The zero-order valence-corrected chi connectivity index (χ0v) is 13.1. The Balaban J connectivity index is 2.43. The van der Waals surface area contributed by atoms with Crippen LogP contribution in [0.2, 0.25) is 0 Å². The van der Waals surface area contributed by atoms with Gasteiger partial charge in [-0.3, -0.25) is 0 Å². The predicted octanol–water partition coefficient (Wildman–Crippen LogP) is 3.88. The standard InChI is InChI=1S/C15H12BrNO2S/c1-20(18,19)17-14-8-7-13(16)9-12(14)10-15(17)11-5-3-2-4-6-11/h2-10H,1H3. The molecule has 2 aromatic carbocycles. The molecule has 102 valence electrons. The van der Waals surface area contributed by atoms with Crippen molar-refractivity contribution in [2.75, 3.05) is 6.26 Å². The van der Waals surface area contributed by atoms with Crippen LogP contribution in [0, 0.1) is 0 Å². The summed E-state index contributed by atoms with van der Waals surface area (Å²) in [4.78, 5) is 0. The molecule has 0 atom stereocenters. The third-order valence-corrected chi connectivity index (χ3v) is 4.67. The van der Waals surface area contributed by atoms with Crippen molar-refractivity contribution in [2.45, 2.75) is 0 Å². The van der Waals surface area contributed by atoms with Crippen molar-refractivity contribution in [2.24, 2.45) is 0 Å². The van der Waals surface area contributed by atoms with Gasteiger partial charge in [0.2, 0.25) is 10.0 Å². The fourth-order valence-corrected chi connectivity index (χ4v) is 3.75. The highest BCUT2D eigenvalue weighted by atomic mass is 79.9. The molecule has 1 aromatic heterocycles. The van der Waals surface area contributed by atoms with E-state index in [-0.39, 0.29) is 0 Å². The van der Waals surface area contributed by atoms with E-state index in [0.717, 1.165) is 15.4 Å². The maximum absolute atomic E-state index is 12.1. The van der Waals surface area contributed by atoms with E-state index < -0.39 is 10.0 Å². The van der Waals surface area contributed by atoms with Crippen molar-refractivity contribution in [3.8, 4) is 11.3 Å². The van der Waals surface area contributed by atoms with E-state index in [1.165, 1.54) is 10.2 Å². The van der Waals surface area contributed by atoms with Gasteiger partial charge in [0.1, 0.15) is 0 Å². The van der Waals surface area contributed by atoms with Crippen LogP contribution < -0.4 is 0 Å². The monoisotopic (exact) mass is 349 g/mol. The zero-order valence-electron chi connectivity index (χ0n) is 10.7. The molecule has 3 nitrogen and oxygen atoms in total. The lowest BCUT2D eigenvalue weighted by Crippen LogP contribution is -2.11. The SMILES string of the molecule is CS(=O)(=O)n1c(-c2ccccc2)cc2cc(Br)ccc21. The summed E-state index contributed by atoms with van der Waals surface area (Å²) in [6.45, 7) is 0. The fraction of sp³-hybridized carbons (Fsp3) is 0.0667. The lowest BCUT2D eigenvalue weighted by molar-refractivity contribution is 0.595. The number of benzene rings is 2. The molecule has 0 amide bonds. The van der Waals surface area contributed by atoms with Crippen LogP contribution in [-0.4, -0.2) is 18.6 Å². The molecule has 0 saturated carbocycles. The summed E-state index contributed by atoms with van der Waals surface area (Å²) in [7, 11) is -3.38. The van der Waals surface area contributed by atoms with Crippen molar-refractivity contribution >= 4 is 36.9 Å². The van der Waals surface area contributed by atoms with Crippen LogP contribution in [0.4, 0.5) is 0 Å². The summed E-state index contributed by atoms with van der Waals surface area (Å²) in [5.41, 5.74) is 2.25. The second-order valence-electron chi connectivity index (χ2n) is 4.63. The van der Waals surface area contributed by atoms with Crippen LogP contribution in [-0.2, 0) is 10.0 Å². The Bertz CT molecular complexity index is 883. The van der Waals surface area contributed by atoms with Crippen LogP contribution in [0.5, 0.6) is 0 Å². The van der Waals surface area contributed by atoms with Crippen molar-refractivity contribution in [3.05, 3.63) is 59.1 Å². The quantitative estimate of drug-likeness (QED) is 0.704. The van der Waals surface area contributed by atoms with E-state index in [4.69, 9.17) is 0 Å². The van der Waals surface area contributed by atoms with Gasteiger partial charge in [-0.15, -0.1) is 0 Å². The van der Waals surface area contributed by atoms with Crippen LogP contribution in [0.15, 0.2) is 59.1 Å². The number of fused-ring (bicyclic) bond motifs is 1. The van der Waals surface area contributed by atoms with Crippen LogP contribution >= 0.6 is 15.9 Å². The van der Waals surface area contributed by atoms with Gasteiger partial charge in [0.25, 0.3) is 0 Å². The van der Waals surface area contributed by atoms with Gasteiger partial charge in [-0.1, -0.05) is 46.3 Å². The van der Waals surface area contributed by atoms with E-state index in [2.05, 4.69) is 15.9 Å². The van der Waals surface area contributed by atoms with Gasteiger partial charge >= 0.3 is 0 Å². The van der Waals surface area contributed by atoms with E-state index in [1.54, 1.807) is 0 Å². The molecule has 3 rings (SSSR count). The number of halogens is 1. The topological polar surface area (TPSA) is 39.1 Å². The first-order valence-corrected chi connectivity index (χ1v) is 8.68. The first-order valence-electron chi connectivity index (χ1n) is 6.04. The zero-order chi connectivity index (χ0) is 14.3. The van der Waals surface area contributed by atoms with Crippen LogP contribution in [0.25, 0.3) is 22.2 Å². The largest absolute Gasteiger partial charge is 0.237 e. The Morgan fingerprint density at radius 1 is 1.00 bits per heavy atom. The molecule has 0 aliphatic rings. The Morgan fingerprint density at radius 2 is 1.70 bits per heavy atom. The first kappa shape index (κ1) is 13.4. The summed E-state index contributed by atoms with van der Waals surface area (Å²) in [6, 6.07) is 17.0. The number of hydrogen-bond donors (Lipinski definition) is 0.